The molecule has 14 heavy (non-hydrogen) atoms. The molecular formula is C8H11N5O. The lowest BCUT2D eigenvalue weighted by molar-refractivity contribution is 0.791. The second-order valence-electron chi connectivity index (χ2n) is 3.29. The zero-order chi connectivity index (χ0) is 10.3. The van der Waals surface area contributed by atoms with Crippen LogP contribution in [0, 0.1) is 0 Å². The number of aromatic nitrogens is 4. The minimum absolute atomic E-state index is 0.168. The van der Waals surface area contributed by atoms with Crippen LogP contribution < -0.4 is 10.5 Å². The quantitative estimate of drug-likeness (QED) is 0.676. The molecule has 0 aliphatic rings. The monoisotopic (exact) mass is 193 g/mol. The molecule has 0 saturated heterocycles. The van der Waals surface area contributed by atoms with Crippen LogP contribution in [0.4, 0.5) is 5.95 Å². The largest absolute Gasteiger partial charge is 0.348 e. The average molecular weight is 193 g/mol. The van der Waals surface area contributed by atoms with Crippen LogP contribution >= 0.6 is 0 Å². The number of fused-ring (bicyclic) bond motifs is 1. The van der Waals surface area contributed by atoms with Crippen molar-refractivity contribution in [2.45, 2.75) is 0 Å². The Morgan fingerprint density at radius 1 is 1.50 bits per heavy atom. The highest BCUT2D eigenvalue weighted by Crippen LogP contribution is 2.07. The maximum Gasteiger partial charge on any atom is 0.278 e. The van der Waals surface area contributed by atoms with Crippen LogP contribution in [-0.2, 0) is 7.05 Å². The van der Waals surface area contributed by atoms with E-state index in [1.165, 1.54) is 4.68 Å². The Morgan fingerprint density at radius 3 is 2.86 bits per heavy atom. The number of hydrogen-bond donors (Lipinski definition) is 1. The molecule has 74 valence electrons. The van der Waals surface area contributed by atoms with Gasteiger partial charge in [-0.25, -0.2) is 4.98 Å². The maximum absolute atomic E-state index is 11.6. The van der Waals surface area contributed by atoms with Gasteiger partial charge in [0.2, 0.25) is 5.95 Å². The van der Waals surface area contributed by atoms with Crippen molar-refractivity contribution in [3.8, 4) is 0 Å². The van der Waals surface area contributed by atoms with Gasteiger partial charge < -0.3 is 4.90 Å². The van der Waals surface area contributed by atoms with E-state index in [0.29, 0.717) is 17.0 Å². The smallest absolute Gasteiger partial charge is 0.278 e. The minimum atomic E-state index is -0.168. The summed E-state index contributed by atoms with van der Waals surface area (Å²) in [6.45, 7) is 0. The summed E-state index contributed by atoms with van der Waals surface area (Å²) in [5.41, 5.74) is 0.939. The molecule has 0 bridgehead atoms. The molecular weight excluding hydrogens is 182 g/mol. The molecule has 2 heterocycles. The summed E-state index contributed by atoms with van der Waals surface area (Å²) in [6, 6.07) is 0. The number of hydrogen-bond acceptors (Lipinski definition) is 4. The first-order chi connectivity index (χ1) is 6.59. The lowest BCUT2D eigenvalue weighted by Crippen LogP contribution is -2.19. The summed E-state index contributed by atoms with van der Waals surface area (Å²) in [6.07, 6.45) is 1.58. The Balaban J connectivity index is 2.81. The minimum Gasteiger partial charge on any atom is -0.348 e. The molecule has 2 rings (SSSR count). The summed E-state index contributed by atoms with van der Waals surface area (Å²) in [4.78, 5) is 20.3. The van der Waals surface area contributed by atoms with Gasteiger partial charge in [-0.2, -0.15) is 5.10 Å². The zero-order valence-electron chi connectivity index (χ0n) is 8.27. The second kappa shape index (κ2) is 2.83. The fourth-order valence-corrected chi connectivity index (χ4v) is 1.29. The number of aryl methyl sites for hydroxylation is 1. The van der Waals surface area contributed by atoms with Crippen molar-refractivity contribution in [2.75, 3.05) is 19.0 Å². The third kappa shape index (κ3) is 1.15. The maximum atomic E-state index is 11.6. The fourth-order valence-electron chi connectivity index (χ4n) is 1.29. The Morgan fingerprint density at radius 2 is 2.21 bits per heavy atom. The van der Waals surface area contributed by atoms with Gasteiger partial charge in [0.1, 0.15) is 5.52 Å². The SMILES string of the molecule is CN(C)c1nc2cnn(C)c2c(=O)[nH]1. The van der Waals surface area contributed by atoms with E-state index in [1.807, 2.05) is 14.1 Å². The molecule has 2 aromatic rings. The summed E-state index contributed by atoms with van der Waals surface area (Å²) >= 11 is 0. The first-order valence-electron chi connectivity index (χ1n) is 4.19. The zero-order valence-corrected chi connectivity index (χ0v) is 8.27. The van der Waals surface area contributed by atoms with Crippen molar-refractivity contribution in [3.63, 3.8) is 0 Å². The second-order valence-corrected chi connectivity index (χ2v) is 3.29. The van der Waals surface area contributed by atoms with Crippen molar-refractivity contribution >= 4 is 17.0 Å². The Kier molecular flexibility index (Phi) is 1.77. The van der Waals surface area contributed by atoms with Crippen molar-refractivity contribution in [3.05, 3.63) is 16.6 Å². The highest BCUT2D eigenvalue weighted by Gasteiger charge is 2.08. The van der Waals surface area contributed by atoms with Crippen molar-refractivity contribution in [1.29, 1.82) is 0 Å². The van der Waals surface area contributed by atoms with Crippen LogP contribution in [0.5, 0.6) is 0 Å². The van der Waals surface area contributed by atoms with E-state index in [-0.39, 0.29) is 5.56 Å². The molecule has 0 aromatic carbocycles. The van der Waals surface area contributed by atoms with E-state index in [1.54, 1.807) is 18.1 Å². The van der Waals surface area contributed by atoms with Crippen LogP contribution in [0.3, 0.4) is 0 Å². The Labute approximate surface area is 80.2 Å². The van der Waals surface area contributed by atoms with Gasteiger partial charge in [-0.15, -0.1) is 0 Å². The molecule has 0 atom stereocenters. The van der Waals surface area contributed by atoms with E-state index < -0.39 is 0 Å². The van der Waals surface area contributed by atoms with Gasteiger partial charge in [0.25, 0.3) is 5.56 Å². The molecule has 2 aromatic heterocycles. The third-order valence-corrected chi connectivity index (χ3v) is 2.01. The van der Waals surface area contributed by atoms with Crippen LogP contribution in [0.2, 0.25) is 0 Å². The van der Waals surface area contributed by atoms with Gasteiger partial charge >= 0.3 is 0 Å². The standard InChI is InChI=1S/C8H11N5O/c1-12(2)8-10-5-4-9-13(3)6(5)7(14)11-8/h4H,1-3H3,(H,10,11,14). The van der Waals surface area contributed by atoms with E-state index in [4.69, 9.17) is 0 Å². The highest BCUT2D eigenvalue weighted by atomic mass is 16.1. The topological polar surface area (TPSA) is 66.8 Å². The number of nitrogens with one attached hydrogen (secondary N) is 1. The van der Waals surface area contributed by atoms with Gasteiger partial charge in [-0.3, -0.25) is 14.5 Å². The number of anilines is 1. The van der Waals surface area contributed by atoms with Gasteiger partial charge in [-0.05, 0) is 0 Å². The molecule has 0 unspecified atom stereocenters. The Bertz CT molecular complexity index is 524. The first kappa shape index (κ1) is 8.74. The average Bonchev–Trinajstić information content (AvgIpc) is 2.48. The van der Waals surface area contributed by atoms with Gasteiger partial charge in [0.05, 0.1) is 6.20 Å². The number of rotatable bonds is 1. The predicted octanol–water partition coefficient (Wildman–Crippen LogP) is -0.277. The summed E-state index contributed by atoms with van der Waals surface area (Å²) in [7, 11) is 5.36. The van der Waals surface area contributed by atoms with Gasteiger partial charge in [0.15, 0.2) is 5.52 Å². The summed E-state index contributed by atoms with van der Waals surface area (Å²) in [5, 5.41) is 3.97. The van der Waals surface area contributed by atoms with E-state index in [9.17, 15) is 4.79 Å². The van der Waals surface area contributed by atoms with Crippen molar-refractivity contribution in [2.24, 2.45) is 7.05 Å². The molecule has 0 aliphatic heterocycles. The third-order valence-electron chi connectivity index (χ3n) is 2.01. The van der Waals surface area contributed by atoms with Crippen LogP contribution in [-0.4, -0.2) is 33.8 Å². The predicted molar refractivity (Wildman–Crippen MR) is 53.5 cm³/mol. The molecule has 0 spiro atoms. The number of H-pyrrole nitrogens is 1. The summed E-state index contributed by atoms with van der Waals surface area (Å²) < 4.78 is 1.51. The first-order valence-corrected chi connectivity index (χ1v) is 4.19. The molecule has 0 fully saturated rings. The van der Waals surface area contributed by atoms with E-state index >= 15 is 0 Å². The van der Waals surface area contributed by atoms with E-state index in [2.05, 4.69) is 15.1 Å². The molecule has 0 aliphatic carbocycles. The molecule has 0 saturated carbocycles. The van der Waals surface area contributed by atoms with Crippen molar-refractivity contribution < 1.29 is 0 Å². The lowest BCUT2D eigenvalue weighted by Gasteiger charge is -2.09. The normalized spacial score (nSPS) is 10.8. The van der Waals surface area contributed by atoms with Crippen LogP contribution in [0.1, 0.15) is 0 Å². The molecule has 0 amide bonds. The van der Waals surface area contributed by atoms with Crippen molar-refractivity contribution in [1.82, 2.24) is 19.7 Å². The lowest BCUT2D eigenvalue weighted by atomic mass is 10.4. The number of aromatic amines is 1. The Hall–Kier alpha value is -1.85. The van der Waals surface area contributed by atoms with Crippen LogP contribution in [0.25, 0.3) is 11.0 Å². The van der Waals surface area contributed by atoms with Gasteiger partial charge in [0, 0.05) is 21.1 Å². The van der Waals surface area contributed by atoms with E-state index in [0.717, 1.165) is 0 Å². The fraction of sp³-hybridized carbons (Fsp3) is 0.375. The summed E-state index contributed by atoms with van der Waals surface area (Å²) in [5.74, 6) is 0.538. The van der Waals surface area contributed by atoms with Crippen LogP contribution in [0.15, 0.2) is 11.0 Å². The van der Waals surface area contributed by atoms with Gasteiger partial charge in [-0.1, -0.05) is 0 Å². The molecule has 6 nitrogen and oxygen atoms in total. The molecule has 6 heteroatoms. The highest BCUT2D eigenvalue weighted by molar-refractivity contribution is 5.73. The number of nitrogens with zero attached hydrogens (tertiary/aromatic N) is 4. The molecule has 0 radical (unpaired) electrons. The molecule has 1 N–H and O–H groups in total.